The van der Waals surface area contributed by atoms with Crippen LogP contribution in [0.3, 0.4) is 0 Å². The molecule has 158 valence electrons. The lowest BCUT2D eigenvalue weighted by atomic mass is 9.87. The van der Waals surface area contributed by atoms with E-state index in [9.17, 15) is 9.59 Å². The van der Waals surface area contributed by atoms with Crippen molar-refractivity contribution in [2.75, 3.05) is 53.4 Å². The maximum absolute atomic E-state index is 13.5. The lowest BCUT2D eigenvalue weighted by molar-refractivity contribution is -0.138. The number of likely N-dealkylation sites (N-methyl/N-ethyl adjacent to an activating group) is 1. The molecule has 0 bridgehead atoms. The molecular formula is C23H33N3O3. The second-order valence-corrected chi connectivity index (χ2v) is 8.84. The van der Waals surface area contributed by atoms with Crippen molar-refractivity contribution in [2.24, 2.45) is 11.8 Å². The van der Waals surface area contributed by atoms with Crippen LogP contribution in [0.25, 0.3) is 0 Å². The van der Waals surface area contributed by atoms with Gasteiger partial charge in [-0.2, -0.15) is 0 Å². The van der Waals surface area contributed by atoms with E-state index in [0.717, 1.165) is 63.2 Å². The second kappa shape index (κ2) is 8.74. The molecule has 29 heavy (non-hydrogen) atoms. The molecule has 0 N–H and O–H groups in total. The number of carbonyl (C=O) groups is 2. The summed E-state index contributed by atoms with van der Waals surface area (Å²) >= 11 is 0. The van der Waals surface area contributed by atoms with Gasteiger partial charge in [0.15, 0.2) is 0 Å². The third-order valence-electron chi connectivity index (χ3n) is 6.99. The van der Waals surface area contributed by atoms with Gasteiger partial charge >= 0.3 is 0 Å². The molecule has 0 radical (unpaired) electrons. The molecule has 1 saturated carbocycles. The minimum Gasteiger partial charge on any atom is -0.497 e. The molecule has 2 amide bonds. The van der Waals surface area contributed by atoms with Gasteiger partial charge in [-0.1, -0.05) is 25.0 Å². The second-order valence-electron chi connectivity index (χ2n) is 8.84. The van der Waals surface area contributed by atoms with Crippen LogP contribution in [0.2, 0.25) is 0 Å². The Morgan fingerprint density at radius 3 is 2.38 bits per heavy atom. The molecule has 1 aromatic rings. The van der Waals surface area contributed by atoms with E-state index < -0.39 is 0 Å². The number of likely N-dealkylation sites (tertiary alicyclic amines) is 1. The average molecular weight is 400 g/mol. The van der Waals surface area contributed by atoms with Crippen LogP contribution < -0.4 is 4.74 Å². The molecule has 0 aromatic heterocycles. The summed E-state index contributed by atoms with van der Waals surface area (Å²) in [7, 11) is 3.76. The fourth-order valence-electron chi connectivity index (χ4n) is 5.14. The van der Waals surface area contributed by atoms with Crippen LogP contribution in [0.1, 0.15) is 37.2 Å². The molecular weight excluding hydrogens is 366 g/mol. The van der Waals surface area contributed by atoms with E-state index in [2.05, 4.69) is 18.0 Å². The quantitative estimate of drug-likeness (QED) is 0.779. The summed E-state index contributed by atoms with van der Waals surface area (Å²) in [4.78, 5) is 32.8. The van der Waals surface area contributed by atoms with Crippen molar-refractivity contribution in [1.82, 2.24) is 14.7 Å². The summed E-state index contributed by atoms with van der Waals surface area (Å²) < 4.78 is 5.41. The van der Waals surface area contributed by atoms with Crippen LogP contribution in [-0.4, -0.2) is 79.9 Å². The fourth-order valence-corrected chi connectivity index (χ4v) is 5.14. The van der Waals surface area contributed by atoms with E-state index in [4.69, 9.17) is 4.74 Å². The van der Waals surface area contributed by atoms with Crippen molar-refractivity contribution >= 4 is 11.8 Å². The summed E-state index contributed by atoms with van der Waals surface area (Å²) in [6, 6.07) is 8.00. The van der Waals surface area contributed by atoms with E-state index in [1.165, 1.54) is 0 Å². The first-order valence-corrected chi connectivity index (χ1v) is 11.0. The maximum Gasteiger partial charge on any atom is 0.228 e. The summed E-state index contributed by atoms with van der Waals surface area (Å²) in [6.07, 6.45) is 4.28. The number of rotatable bonds is 4. The van der Waals surface area contributed by atoms with Gasteiger partial charge in [0.25, 0.3) is 0 Å². The van der Waals surface area contributed by atoms with E-state index in [1.54, 1.807) is 7.11 Å². The van der Waals surface area contributed by atoms with Crippen LogP contribution in [0.5, 0.6) is 5.75 Å². The third-order valence-corrected chi connectivity index (χ3v) is 6.99. The Kier molecular flexibility index (Phi) is 6.09. The highest BCUT2D eigenvalue weighted by Gasteiger charge is 2.43. The lowest BCUT2D eigenvalue weighted by Crippen LogP contribution is -2.50. The van der Waals surface area contributed by atoms with Gasteiger partial charge in [-0.05, 0) is 37.6 Å². The van der Waals surface area contributed by atoms with Crippen LogP contribution in [0, 0.1) is 11.8 Å². The molecule has 0 unspecified atom stereocenters. The topological polar surface area (TPSA) is 53.1 Å². The molecule has 2 aliphatic heterocycles. The zero-order valence-electron chi connectivity index (χ0n) is 17.7. The van der Waals surface area contributed by atoms with Gasteiger partial charge < -0.3 is 19.4 Å². The Balaban J connectivity index is 1.56. The van der Waals surface area contributed by atoms with Gasteiger partial charge in [0.05, 0.1) is 13.0 Å². The predicted octanol–water partition coefficient (Wildman–Crippen LogP) is 2.20. The highest BCUT2D eigenvalue weighted by Crippen LogP contribution is 2.37. The van der Waals surface area contributed by atoms with E-state index in [1.807, 2.05) is 28.0 Å². The highest BCUT2D eigenvalue weighted by atomic mass is 16.5. The van der Waals surface area contributed by atoms with E-state index in [-0.39, 0.29) is 29.6 Å². The van der Waals surface area contributed by atoms with Gasteiger partial charge in [0, 0.05) is 51.1 Å². The van der Waals surface area contributed by atoms with Crippen molar-refractivity contribution in [3.8, 4) is 5.75 Å². The first kappa shape index (κ1) is 20.2. The van der Waals surface area contributed by atoms with Gasteiger partial charge in [0.1, 0.15) is 5.75 Å². The minimum atomic E-state index is -0.170. The van der Waals surface area contributed by atoms with Crippen LogP contribution >= 0.6 is 0 Å². The normalized spacial score (nSPS) is 26.1. The van der Waals surface area contributed by atoms with Gasteiger partial charge in [-0.3, -0.25) is 9.59 Å². The molecule has 2 saturated heterocycles. The van der Waals surface area contributed by atoms with Gasteiger partial charge in [-0.15, -0.1) is 0 Å². The molecule has 3 aliphatic rings. The average Bonchev–Trinajstić information content (AvgIpc) is 3.44. The largest absolute Gasteiger partial charge is 0.497 e. The van der Waals surface area contributed by atoms with Crippen molar-refractivity contribution < 1.29 is 14.3 Å². The Morgan fingerprint density at radius 1 is 0.966 bits per heavy atom. The van der Waals surface area contributed by atoms with Gasteiger partial charge in [0.2, 0.25) is 11.8 Å². The van der Waals surface area contributed by atoms with Crippen LogP contribution in [0.4, 0.5) is 0 Å². The molecule has 1 aliphatic carbocycles. The molecule has 2 atom stereocenters. The van der Waals surface area contributed by atoms with Gasteiger partial charge in [-0.25, -0.2) is 0 Å². The Labute approximate surface area is 173 Å². The summed E-state index contributed by atoms with van der Waals surface area (Å²) in [6.45, 7) is 4.54. The molecule has 6 nitrogen and oxygen atoms in total. The van der Waals surface area contributed by atoms with E-state index in [0.29, 0.717) is 13.1 Å². The molecule has 4 rings (SSSR count). The van der Waals surface area contributed by atoms with Crippen molar-refractivity contribution in [3.63, 3.8) is 0 Å². The molecule has 6 heteroatoms. The standard InChI is InChI=1S/C23H33N3O3/c1-24-10-12-25(13-11-24)23(28)21-16-26(22(27)17-6-3-4-7-17)15-20(21)18-8-5-9-19(14-18)29-2/h5,8-9,14,17,20-21H,3-4,6-7,10-13,15-16H2,1-2H3/t20-,21-/m1/s1. The lowest BCUT2D eigenvalue weighted by Gasteiger charge is -2.35. The Hall–Kier alpha value is -2.08. The van der Waals surface area contributed by atoms with Crippen LogP contribution in [0.15, 0.2) is 24.3 Å². The summed E-state index contributed by atoms with van der Waals surface area (Å²) in [5, 5.41) is 0. The number of piperazine rings is 1. The summed E-state index contributed by atoms with van der Waals surface area (Å²) in [5.41, 5.74) is 1.10. The smallest absolute Gasteiger partial charge is 0.228 e. The van der Waals surface area contributed by atoms with Crippen molar-refractivity contribution in [1.29, 1.82) is 0 Å². The number of ether oxygens (including phenoxy) is 1. The first-order chi connectivity index (χ1) is 14.1. The predicted molar refractivity (Wildman–Crippen MR) is 112 cm³/mol. The van der Waals surface area contributed by atoms with Crippen molar-refractivity contribution in [3.05, 3.63) is 29.8 Å². The Bertz CT molecular complexity index is 739. The fraction of sp³-hybridized carbons (Fsp3) is 0.652. The minimum absolute atomic E-state index is 0.0302. The number of benzene rings is 1. The maximum atomic E-state index is 13.5. The van der Waals surface area contributed by atoms with E-state index >= 15 is 0 Å². The first-order valence-electron chi connectivity index (χ1n) is 11.0. The SMILES string of the molecule is COc1cccc([C@H]2CN(C(=O)C3CCCC3)C[C@H]2C(=O)N2CCN(C)CC2)c1. The molecule has 1 aromatic carbocycles. The Morgan fingerprint density at radius 2 is 1.69 bits per heavy atom. The number of amides is 2. The van der Waals surface area contributed by atoms with Crippen LogP contribution in [-0.2, 0) is 9.59 Å². The zero-order chi connectivity index (χ0) is 20.4. The highest BCUT2D eigenvalue weighted by molar-refractivity contribution is 5.84. The summed E-state index contributed by atoms with van der Waals surface area (Å²) in [5.74, 6) is 1.27. The molecule has 2 heterocycles. The van der Waals surface area contributed by atoms with Crippen molar-refractivity contribution in [2.45, 2.75) is 31.6 Å². The third kappa shape index (κ3) is 4.27. The number of methoxy groups -OCH3 is 1. The number of hydrogen-bond donors (Lipinski definition) is 0. The zero-order valence-corrected chi connectivity index (χ0v) is 17.7. The monoisotopic (exact) mass is 399 g/mol. The molecule has 3 fully saturated rings. The number of hydrogen-bond acceptors (Lipinski definition) is 4. The number of nitrogens with zero attached hydrogens (tertiary/aromatic N) is 3. The number of carbonyl (C=O) groups excluding carboxylic acids is 2. The molecule has 0 spiro atoms.